The molecule has 2 aliphatic rings. The Morgan fingerprint density at radius 2 is 1.73 bits per heavy atom. The van der Waals surface area contributed by atoms with Gasteiger partial charge in [-0.3, -0.25) is 14.9 Å². The van der Waals surface area contributed by atoms with Crippen LogP contribution in [0.2, 0.25) is 0 Å². The summed E-state index contributed by atoms with van der Waals surface area (Å²) in [4.78, 5) is 24.6. The maximum absolute atomic E-state index is 14.4. The van der Waals surface area contributed by atoms with Crippen LogP contribution >= 0.6 is 0 Å². The maximum Gasteiger partial charge on any atom is 0.227 e. The van der Waals surface area contributed by atoms with Crippen molar-refractivity contribution in [1.82, 2.24) is 5.32 Å². The Bertz CT molecular complexity index is 611. The van der Waals surface area contributed by atoms with E-state index in [4.69, 9.17) is 5.73 Å². The number of nitrogens with zero attached hydrogens (tertiary/aromatic N) is 1. The van der Waals surface area contributed by atoms with Crippen molar-refractivity contribution in [1.29, 1.82) is 0 Å². The molecule has 2 atom stereocenters. The predicted molar refractivity (Wildman–Crippen MR) is 76.3 cm³/mol. The minimum atomic E-state index is -0.758. The van der Waals surface area contributed by atoms with Crippen molar-refractivity contribution in [2.45, 2.75) is 37.8 Å². The van der Waals surface area contributed by atoms with Crippen molar-refractivity contribution in [2.24, 2.45) is 5.73 Å². The van der Waals surface area contributed by atoms with Gasteiger partial charge in [-0.1, -0.05) is 0 Å². The fourth-order valence-corrected chi connectivity index (χ4v) is 3.09. The predicted octanol–water partition coefficient (Wildman–Crippen LogP) is 1.02. The average molecular weight is 309 g/mol. The van der Waals surface area contributed by atoms with Crippen molar-refractivity contribution in [3.63, 3.8) is 0 Å². The molecule has 0 aliphatic carbocycles. The number of carbonyl (C=O) groups is 2. The quantitative estimate of drug-likeness (QED) is 0.800. The van der Waals surface area contributed by atoms with Crippen LogP contribution in [0.5, 0.6) is 0 Å². The van der Waals surface area contributed by atoms with E-state index in [0.29, 0.717) is 12.2 Å². The Hall–Kier alpha value is -2.02. The molecule has 0 unspecified atom stereocenters. The number of benzene rings is 1. The molecular formula is C15H17F2N3O2. The van der Waals surface area contributed by atoms with Crippen molar-refractivity contribution < 1.29 is 18.4 Å². The normalized spacial score (nSPS) is 25.9. The Morgan fingerprint density at radius 3 is 2.18 bits per heavy atom. The van der Waals surface area contributed by atoms with Gasteiger partial charge in [0, 0.05) is 48.6 Å². The number of carbonyl (C=O) groups excluding carboxylic acids is 2. The van der Waals surface area contributed by atoms with Gasteiger partial charge in [0.05, 0.1) is 0 Å². The number of rotatable bonds is 2. The van der Waals surface area contributed by atoms with E-state index in [1.807, 2.05) is 11.8 Å². The second kappa shape index (κ2) is 5.31. The molecule has 0 spiro atoms. The Labute approximate surface area is 126 Å². The zero-order valence-corrected chi connectivity index (χ0v) is 12.1. The number of piperidine rings is 1. The lowest BCUT2D eigenvalue weighted by atomic mass is 9.88. The molecule has 2 saturated heterocycles. The molecule has 0 aromatic heterocycles. The Kier molecular flexibility index (Phi) is 3.60. The monoisotopic (exact) mass is 309 g/mol. The highest BCUT2D eigenvalue weighted by molar-refractivity contribution is 5.98. The highest BCUT2D eigenvalue weighted by Crippen LogP contribution is 2.35. The van der Waals surface area contributed by atoms with Crippen LogP contribution in [-0.4, -0.2) is 30.4 Å². The lowest BCUT2D eigenvalue weighted by molar-refractivity contribution is -0.133. The molecule has 118 valence electrons. The second-order valence-electron chi connectivity index (χ2n) is 5.96. The summed E-state index contributed by atoms with van der Waals surface area (Å²) in [6, 6.07) is 2.51. The van der Waals surface area contributed by atoms with Gasteiger partial charge in [-0.2, -0.15) is 0 Å². The standard InChI is InChI=1S/C15H17F2N3O2/c1-7-12(18)6-20(7)9-4-10(16)15(11(17)5-9)8-2-13(21)19-14(22)3-8/h4-5,7-8,12H,2-3,6,18H2,1H3,(H,19,21,22)/t7-,12+/m1/s1. The summed E-state index contributed by atoms with van der Waals surface area (Å²) in [7, 11) is 0. The third kappa shape index (κ3) is 2.45. The van der Waals surface area contributed by atoms with E-state index >= 15 is 0 Å². The number of amides is 2. The van der Waals surface area contributed by atoms with E-state index in [1.165, 1.54) is 12.1 Å². The molecule has 1 aromatic rings. The first-order valence-corrected chi connectivity index (χ1v) is 7.20. The number of halogens is 2. The molecule has 2 aliphatic heterocycles. The molecule has 3 rings (SSSR count). The summed E-state index contributed by atoms with van der Waals surface area (Å²) < 4.78 is 28.7. The first-order chi connectivity index (χ1) is 10.4. The summed E-state index contributed by atoms with van der Waals surface area (Å²) in [5, 5.41) is 2.13. The Morgan fingerprint density at radius 1 is 1.18 bits per heavy atom. The van der Waals surface area contributed by atoms with Crippen molar-refractivity contribution >= 4 is 17.5 Å². The van der Waals surface area contributed by atoms with Gasteiger partial charge in [0.25, 0.3) is 0 Å². The molecule has 3 N–H and O–H groups in total. The lowest BCUT2D eigenvalue weighted by Gasteiger charge is -2.46. The summed E-state index contributed by atoms with van der Waals surface area (Å²) in [6.45, 7) is 2.44. The molecule has 0 radical (unpaired) electrons. The van der Waals surface area contributed by atoms with Crippen LogP contribution in [0.4, 0.5) is 14.5 Å². The van der Waals surface area contributed by atoms with Gasteiger partial charge in [0.1, 0.15) is 11.6 Å². The number of hydrogen-bond acceptors (Lipinski definition) is 4. The second-order valence-corrected chi connectivity index (χ2v) is 5.96. The third-order valence-corrected chi connectivity index (χ3v) is 4.46. The first kappa shape index (κ1) is 14.9. The molecule has 1 aromatic carbocycles. The fraction of sp³-hybridized carbons (Fsp3) is 0.467. The van der Waals surface area contributed by atoms with Gasteiger partial charge in [-0.05, 0) is 19.1 Å². The van der Waals surface area contributed by atoms with Crippen LogP contribution in [0.1, 0.15) is 31.2 Å². The summed E-state index contributed by atoms with van der Waals surface area (Å²) in [6.07, 6.45) is -0.187. The number of anilines is 1. The maximum atomic E-state index is 14.4. The number of imide groups is 1. The van der Waals surface area contributed by atoms with Crippen molar-refractivity contribution in [3.05, 3.63) is 29.3 Å². The first-order valence-electron chi connectivity index (χ1n) is 7.20. The summed E-state index contributed by atoms with van der Waals surface area (Å²) >= 11 is 0. The van der Waals surface area contributed by atoms with Crippen molar-refractivity contribution in [3.8, 4) is 0 Å². The molecule has 2 heterocycles. The molecule has 7 heteroatoms. The molecular weight excluding hydrogens is 292 g/mol. The smallest absolute Gasteiger partial charge is 0.227 e. The summed E-state index contributed by atoms with van der Waals surface area (Å²) in [5.41, 5.74) is 6.03. The largest absolute Gasteiger partial charge is 0.365 e. The zero-order chi connectivity index (χ0) is 16.0. The van der Waals surface area contributed by atoms with Gasteiger partial charge in [-0.15, -0.1) is 0 Å². The van der Waals surface area contributed by atoms with E-state index in [9.17, 15) is 18.4 Å². The molecule has 2 amide bonds. The van der Waals surface area contributed by atoms with Gasteiger partial charge >= 0.3 is 0 Å². The Balaban J connectivity index is 1.90. The summed E-state index contributed by atoms with van der Waals surface area (Å²) in [5.74, 6) is -3.23. The van der Waals surface area contributed by atoms with Gasteiger partial charge in [0.2, 0.25) is 11.8 Å². The van der Waals surface area contributed by atoms with E-state index in [-0.39, 0.29) is 30.5 Å². The van der Waals surface area contributed by atoms with Crippen LogP contribution in [0.3, 0.4) is 0 Å². The van der Waals surface area contributed by atoms with Crippen LogP contribution < -0.4 is 16.0 Å². The van der Waals surface area contributed by atoms with Crippen molar-refractivity contribution in [2.75, 3.05) is 11.4 Å². The van der Waals surface area contributed by atoms with Gasteiger partial charge in [-0.25, -0.2) is 8.78 Å². The van der Waals surface area contributed by atoms with Crippen LogP contribution in [-0.2, 0) is 9.59 Å². The van der Waals surface area contributed by atoms with E-state index < -0.39 is 29.4 Å². The number of nitrogens with two attached hydrogens (primary N) is 1. The highest BCUT2D eigenvalue weighted by Gasteiger charge is 2.35. The fourth-order valence-electron chi connectivity index (χ4n) is 3.09. The van der Waals surface area contributed by atoms with Crippen LogP contribution in [0, 0.1) is 11.6 Å². The molecule has 22 heavy (non-hydrogen) atoms. The number of hydrogen-bond donors (Lipinski definition) is 2. The minimum Gasteiger partial charge on any atom is -0.365 e. The zero-order valence-electron chi connectivity index (χ0n) is 12.1. The lowest BCUT2D eigenvalue weighted by Crippen LogP contribution is -2.63. The van der Waals surface area contributed by atoms with E-state index in [2.05, 4.69) is 5.32 Å². The van der Waals surface area contributed by atoms with E-state index in [0.717, 1.165) is 0 Å². The van der Waals surface area contributed by atoms with E-state index in [1.54, 1.807) is 0 Å². The SMILES string of the molecule is C[C@@H]1[C@@H](N)CN1c1cc(F)c(C2CC(=O)NC(=O)C2)c(F)c1. The van der Waals surface area contributed by atoms with Gasteiger partial charge < -0.3 is 10.6 Å². The number of nitrogens with one attached hydrogen (secondary N) is 1. The molecule has 0 bridgehead atoms. The molecule has 2 fully saturated rings. The highest BCUT2D eigenvalue weighted by atomic mass is 19.1. The third-order valence-electron chi connectivity index (χ3n) is 4.46. The van der Waals surface area contributed by atoms with Crippen LogP contribution in [0.15, 0.2) is 12.1 Å². The minimum absolute atomic E-state index is 0.00883. The average Bonchev–Trinajstić information content (AvgIpc) is 2.42. The molecule has 5 nitrogen and oxygen atoms in total. The van der Waals surface area contributed by atoms with Gasteiger partial charge in [0.15, 0.2) is 0 Å². The topological polar surface area (TPSA) is 75.4 Å². The van der Waals surface area contributed by atoms with Crippen LogP contribution in [0.25, 0.3) is 0 Å². The molecule has 0 saturated carbocycles.